The van der Waals surface area contributed by atoms with Crippen LogP contribution in [0.15, 0.2) is 16.6 Å². The van der Waals surface area contributed by atoms with Gasteiger partial charge in [-0.2, -0.15) is 0 Å². The van der Waals surface area contributed by atoms with Gasteiger partial charge in [-0.05, 0) is 45.5 Å². The van der Waals surface area contributed by atoms with Gasteiger partial charge in [-0.15, -0.1) is 0 Å². The smallest absolute Gasteiger partial charge is 0.126 e. The Morgan fingerprint density at radius 1 is 1.30 bits per heavy atom. The lowest BCUT2D eigenvalue weighted by atomic mass is 10.1. The van der Waals surface area contributed by atoms with Crippen LogP contribution in [0.1, 0.15) is 25.0 Å². The number of hydrogen-bond donors (Lipinski definition) is 2. The third kappa shape index (κ3) is 5.79. The van der Waals surface area contributed by atoms with Gasteiger partial charge in [-0.3, -0.25) is 0 Å². The van der Waals surface area contributed by atoms with Crippen LogP contribution in [-0.2, 0) is 11.3 Å². The van der Waals surface area contributed by atoms with Gasteiger partial charge in [0.25, 0.3) is 0 Å². The van der Waals surface area contributed by atoms with Gasteiger partial charge in [0.2, 0.25) is 0 Å². The Bertz CT molecular complexity index is 424. The molecule has 0 spiro atoms. The van der Waals surface area contributed by atoms with Gasteiger partial charge in [0, 0.05) is 16.6 Å². The van der Waals surface area contributed by atoms with E-state index in [1.165, 1.54) is 0 Å². The van der Waals surface area contributed by atoms with Crippen LogP contribution < -0.4 is 10.1 Å². The second kappa shape index (κ2) is 8.62. The van der Waals surface area contributed by atoms with Crippen LogP contribution in [0, 0.1) is 6.92 Å². The van der Waals surface area contributed by atoms with E-state index in [1.54, 1.807) is 0 Å². The summed E-state index contributed by atoms with van der Waals surface area (Å²) in [6, 6.07) is 4.03. The van der Waals surface area contributed by atoms with Crippen molar-refractivity contribution in [3.05, 3.63) is 27.7 Å². The Morgan fingerprint density at radius 3 is 2.60 bits per heavy atom. The molecule has 0 aliphatic heterocycles. The van der Waals surface area contributed by atoms with Crippen molar-refractivity contribution < 1.29 is 14.6 Å². The largest absolute Gasteiger partial charge is 0.490 e. The van der Waals surface area contributed by atoms with Gasteiger partial charge in [0.05, 0.1) is 12.7 Å². The molecule has 1 unspecified atom stereocenters. The highest BCUT2D eigenvalue weighted by Crippen LogP contribution is 2.28. The lowest BCUT2D eigenvalue weighted by Crippen LogP contribution is -2.25. The van der Waals surface area contributed by atoms with Gasteiger partial charge < -0.3 is 19.9 Å². The predicted molar refractivity (Wildman–Crippen MR) is 84.2 cm³/mol. The van der Waals surface area contributed by atoms with Crippen molar-refractivity contribution in [2.75, 3.05) is 20.3 Å². The van der Waals surface area contributed by atoms with Crippen LogP contribution >= 0.6 is 15.9 Å². The third-order valence-electron chi connectivity index (χ3n) is 2.73. The topological polar surface area (TPSA) is 50.7 Å². The molecule has 0 bridgehead atoms. The number of aryl methyl sites for hydroxylation is 1. The van der Waals surface area contributed by atoms with Gasteiger partial charge in [-0.25, -0.2) is 0 Å². The summed E-state index contributed by atoms with van der Waals surface area (Å²) in [6.45, 7) is 7.11. The third-order valence-corrected chi connectivity index (χ3v) is 3.18. The summed E-state index contributed by atoms with van der Waals surface area (Å²) in [7, 11) is 1.89. The lowest BCUT2D eigenvalue weighted by Gasteiger charge is -2.18. The number of nitrogens with one attached hydrogen (secondary N) is 1. The van der Waals surface area contributed by atoms with Crippen molar-refractivity contribution in [2.45, 2.75) is 39.5 Å². The SMILES string of the molecule is CNCc1cc(Br)cc(C)c1OCC(O)COC(C)C. The molecule has 2 N–H and O–H groups in total. The molecular formula is C15H24BrNO3. The van der Waals surface area contributed by atoms with Crippen molar-refractivity contribution in [3.8, 4) is 5.75 Å². The fourth-order valence-corrected chi connectivity index (χ4v) is 2.48. The molecule has 1 rings (SSSR count). The maximum atomic E-state index is 9.85. The van der Waals surface area contributed by atoms with Gasteiger partial charge in [-0.1, -0.05) is 15.9 Å². The summed E-state index contributed by atoms with van der Waals surface area (Å²) < 4.78 is 12.2. The highest BCUT2D eigenvalue weighted by Gasteiger charge is 2.12. The number of rotatable bonds is 8. The normalized spacial score (nSPS) is 12.8. The molecule has 20 heavy (non-hydrogen) atoms. The van der Waals surface area contributed by atoms with Crippen LogP contribution in [0.5, 0.6) is 5.75 Å². The van der Waals surface area contributed by atoms with E-state index in [9.17, 15) is 5.11 Å². The number of hydrogen-bond acceptors (Lipinski definition) is 4. The number of halogens is 1. The molecule has 0 aliphatic carbocycles. The average Bonchev–Trinajstić information content (AvgIpc) is 2.35. The zero-order chi connectivity index (χ0) is 15.1. The molecule has 0 saturated carbocycles. The zero-order valence-electron chi connectivity index (χ0n) is 12.6. The average molecular weight is 346 g/mol. The number of ether oxygens (including phenoxy) is 2. The number of aliphatic hydroxyl groups excluding tert-OH is 1. The van der Waals surface area contributed by atoms with Crippen LogP contribution in [0.25, 0.3) is 0 Å². The Hall–Kier alpha value is -0.620. The van der Waals surface area contributed by atoms with Gasteiger partial charge in [0.1, 0.15) is 18.5 Å². The molecule has 114 valence electrons. The van der Waals surface area contributed by atoms with E-state index >= 15 is 0 Å². The summed E-state index contributed by atoms with van der Waals surface area (Å²) >= 11 is 3.49. The second-order valence-corrected chi connectivity index (χ2v) is 6.00. The quantitative estimate of drug-likeness (QED) is 0.760. The minimum atomic E-state index is -0.622. The standard InChI is InChI=1S/C15H24BrNO3/c1-10(2)19-8-14(18)9-20-15-11(3)5-13(16)6-12(15)7-17-4/h5-6,10,14,17-18H,7-9H2,1-4H3. The highest BCUT2D eigenvalue weighted by molar-refractivity contribution is 9.10. The van der Waals surface area contributed by atoms with Crippen molar-refractivity contribution >= 4 is 15.9 Å². The van der Waals surface area contributed by atoms with Gasteiger partial charge in [0.15, 0.2) is 0 Å². The molecular weight excluding hydrogens is 322 g/mol. The molecule has 0 fully saturated rings. The monoisotopic (exact) mass is 345 g/mol. The number of benzene rings is 1. The Balaban J connectivity index is 2.66. The molecule has 0 radical (unpaired) electrons. The van der Waals surface area contributed by atoms with Crippen LogP contribution in [0.4, 0.5) is 0 Å². The van der Waals surface area contributed by atoms with E-state index in [0.717, 1.165) is 21.3 Å². The molecule has 4 nitrogen and oxygen atoms in total. The van der Waals surface area contributed by atoms with E-state index < -0.39 is 6.10 Å². The molecule has 0 heterocycles. The molecule has 0 amide bonds. The maximum absolute atomic E-state index is 9.85. The molecule has 0 aliphatic rings. The maximum Gasteiger partial charge on any atom is 0.126 e. The summed E-state index contributed by atoms with van der Waals surface area (Å²) in [6.07, 6.45) is -0.512. The van der Waals surface area contributed by atoms with Crippen LogP contribution in [0.2, 0.25) is 0 Å². The van der Waals surface area contributed by atoms with Crippen molar-refractivity contribution in [3.63, 3.8) is 0 Å². The van der Waals surface area contributed by atoms with E-state index in [-0.39, 0.29) is 19.3 Å². The van der Waals surface area contributed by atoms with Crippen molar-refractivity contribution in [1.29, 1.82) is 0 Å². The summed E-state index contributed by atoms with van der Waals surface area (Å²) in [5, 5.41) is 13.0. The lowest BCUT2D eigenvalue weighted by molar-refractivity contribution is -0.0125. The summed E-state index contributed by atoms with van der Waals surface area (Å²) in [5.74, 6) is 0.825. The van der Waals surface area contributed by atoms with Gasteiger partial charge >= 0.3 is 0 Å². The first-order chi connectivity index (χ1) is 9.43. The fraction of sp³-hybridized carbons (Fsp3) is 0.600. The van der Waals surface area contributed by atoms with E-state index in [1.807, 2.05) is 40.0 Å². The predicted octanol–water partition coefficient (Wildman–Crippen LogP) is 2.64. The highest BCUT2D eigenvalue weighted by atomic mass is 79.9. The minimum absolute atomic E-state index is 0.110. The first-order valence-corrected chi connectivity index (χ1v) is 7.59. The summed E-state index contributed by atoms with van der Waals surface area (Å²) in [5.41, 5.74) is 2.11. The summed E-state index contributed by atoms with van der Waals surface area (Å²) in [4.78, 5) is 0. The molecule has 1 atom stereocenters. The van der Waals surface area contributed by atoms with E-state index in [4.69, 9.17) is 9.47 Å². The number of aliphatic hydroxyl groups is 1. The molecule has 0 aromatic heterocycles. The molecule has 1 aromatic carbocycles. The molecule has 1 aromatic rings. The first-order valence-electron chi connectivity index (χ1n) is 6.80. The van der Waals surface area contributed by atoms with Crippen molar-refractivity contribution in [1.82, 2.24) is 5.32 Å². The molecule has 5 heteroatoms. The Morgan fingerprint density at radius 2 is 2.00 bits per heavy atom. The fourth-order valence-electron chi connectivity index (χ4n) is 1.86. The zero-order valence-corrected chi connectivity index (χ0v) is 14.2. The van der Waals surface area contributed by atoms with Crippen LogP contribution in [0.3, 0.4) is 0 Å². The van der Waals surface area contributed by atoms with Crippen molar-refractivity contribution in [2.24, 2.45) is 0 Å². The minimum Gasteiger partial charge on any atom is -0.490 e. The Kier molecular flexibility index (Phi) is 7.51. The molecule has 0 saturated heterocycles. The Labute approximate surface area is 129 Å². The first kappa shape index (κ1) is 17.4. The van der Waals surface area contributed by atoms with E-state index in [0.29, 0.717) is 6.54 Å². The second-order valence-electron chi connectivity index (χ2n) is 5.09. The van der Waals surface area contributed by atoms with E-state index in [2.05, 4.69) is 21.2 Å². The van der Waals surface area contributed by atoms with Crippen LogP contribution in [-0.4, -0.2) is 37.6 Å².